The van der Waals surface area contributed by atoms with Crippen molar-refractivity contribution in [3.8, 4) is 0 Å². The fourth-order valence-corrected chi connectivity index (χ4v) is 2.82. The van der Waals surface area contributed by atoms with Crippen molar-refractivity contribution in [3.05, 3.63) is 34.9 Å². The first-order valence-electron chi connectivity index (χ1n) is 9.32. The van der Waals surface area contributed by atoms with Crippen LogP contribution in [0.2, 0.25) is 0 Å². The Morgan fingerprint density at radius 1 is 1.20 bits per heavy atom. The molecular formula is C21H32O4. The topological polar surface area (TPSA) is 44.8 Å². The summed E-state index contributed by atoms with van der Waals surface area (Å²) in [6.07, 6.45) is 4.13. The molecule has 4 heteroatoms. The molecular weight excluding hydrogens is 316 g/mol. The number of Topliss-reactive ketones (excluding diaryl/α,β-unsaturated/α-hetero) is 1. The third-order valence-corrected chi connectivity index (χ3v) is 4.41. The fraction of sp³-hybridized carbons (Fsp3) is 0.667. The number of ether oxygens (including phenoxy) is 3. The van der Waals surface area contributed by atoms with Gasteiger partial charge < -0.3 is 14.2 Å². The lowest BCUT2D eigenvalue weighted by Gasteiger charge is -2.22. The largest absolute Gasteiger partial charge is 0.377 e. The van der Waals surface area contributed by atoms with Gasteiger partial charge in [0.2, 0.25) is 0 Å². The van der Waals surface area contributed by atoms with Crippen molar-refractivity contribution in [1.82, 2.24) is 0 Å². The molecule has 1 aromatic rings. The molecule has 1 saturated heterocycles. The lowest BCUT2D eigenvalue weighted by Crippen LogP contribution is -2.23. The molecule has 0 saturated carbocycles. The molecule has 1 aliphatic rings. The first-order chi connectivity index (χ1) is 11.9. The minimum Gasteiger partial charge on any atom is -0.377 e. The average molecular weight is 348 g/mol. The van der Waals surface area contributed by atoms with Crippen LogP contribution in [0, 0.1) is 0 Å². The zero-order valence-corrected chi connectivity index (χ0v) is 16.1. The highest BCUT2D eigenvalue weighted by Gasteiger charge is 2.17. The summed E-state index contributed by atoms with van der Waals surface area (Å²) < 4.78 is 17.0. The van der Waals surface area contributed by atoms with E-state index in [2.05, 4.69) is 26.8 Å². The Morgan fingerprint density at radius 2 is 2.00 bits per heavy atom. The second kappa shape index (κ2) is 9.46. The van der Waals surface area contributed by atoms with E-state index in [9.17, 15) is 4.79 Å². The second-order valence-electron chi connectivity index (χ2n) is 7.80. The zero-order valence-electron chi connectivity index (χ0n) is 16.1. The lowest BCUT2D eigenvalue weighted by atomic mass is 9.84. The van der Waals surface area contributed by atoms with E-state index in [1.54, 1.807) is 6.92 Å². The summed E-state index contributed by atoms with van der Waals surface area (Å²) in [4.78, 5) is 11.8. The molecule has 1 heterocycles. The quantitative estimate of drug-likeness (QED) is 0.507. The van der Waals surface area contributed by atoms with Crippen molar-refractivity contribution < 1.29 is 19.0 Å². The van der Waals surface area contributed by atoms with Crippen LogP contribution in [0.15, 0.2) is 18.2 Å². The van der Waals surface area contributed by atoms with Gasteiger partial charge in [0.05, 0.1) is 13.2 Å². The maximum absolute atomic E-state index is 11.8. The molecule has 4 nitrogen and oxygen atoms in total. The van der Waals surface area contributed by atoms with Gasteiger partial charge in [-0.3, -0.25) is 4.79 Å². The number of hydrogen-bond acceptors (Lipinski definition) is 4. The summed E-state index contributed by atoms with van der Waals surface area (Å²) in [6, 6.07) is 6.06. The molecule has 0 radical (unpaired) electrons. The van der Waals surface area contributed by atoms with Crippen molar-refractivity contribution in [2.45, 2.75) is 71.7 Å². The first kappa shape index (κ1) is 20.1. The molecule has 1 atom stereocenters. The maximum Gasteiger partial charge on any atom is 0.159 e. The van der Waals surface area contributed by atoms with Crippen LogP contribution in [0.1, 0.15) is 74.9 Å². The van der Waals surface area contributed by atoms with E-state index in [1.807, 2.05) is 12.1 Å². The van der Waals surface area contributed by atoms with E-state index in [-0.39, 0.29) is 17.5 Å². The van der Waals surface area contributed by atoms with Gasteiger partial charge in [0.15, 0.2) is 12.1 Å². The molecule has 0 amide bonds. The van der Waals surface area contributed by atoms with Crippen LogP contribution in [-0.4, -0.2) is 31.9 Å². The van der Waals surface area contributed by atoms with Gasteiger partial charge in [0.1, 0.15) is 0 Å². The summed E-state index contributed by atoms with van der Waals surface area (Å²) >= 11 is 0. The van der Waals surface area contributed by atoms with E-state index in [0.717, 1.165) is 42.6 Å². The Morgan fingerprint density at radius 3 is 2.64 bits per heavy atom. The molecule has 0 bridgehead atoms. The molecule has 1 fully saturated rings. The Bertz CT molecular complexity index is 554. The van der Waals surface area contributed by atoms with Crippen LogP contribution in [-0.2, 0) is 26.2 Å². The molecule has 2 rings (SSSR count). The van der Waals surface area contributed by atoms with Gasteiger partial charge in [-0.25, -0.2) is 0 Å². The molecule has 0 N–H and O–H groups in total. The van der Waals surface area contributed by atoms with Crippen molar-refractivity contribution in [1.29, 1.82) is 0 Å². The van der Waals surface area contributed by atoms with Gasteiger partial charge in [0, 0.05) is 18.8 Å². The second-order valence-corrected chi connectivity index (χ2v) is 7.80. The van der Waals surface area contributed by atoms with Gasteiger partial charge in [-0.2, -0.15) is 0 Å². The Labute approximate surface area is 151 Å². The summed E-state index contributed by atoms with van der Waals surface area (Å²) in [5.41, 5.74) is 2.98. The van der Waals surface area contributed by atoms with Crippen LogP contribution in [0.4, 0.5) is 0 Å². The normalized spacial score (nSPS) is 18.3. The van der Waals surface area contributed by atoms with Crippen molar-refractivity contribution >= 4 is 5.78 Å². The molecule has 0 aliphatic carbocycles. The standard InChI is InChI=1S/C21H32O4/c1-16(22)18-12-17(13-19(14-18)21(2,3)4)15-23-9-7-11-25-20-8-5-6-10-24-20/h12-14,20H,5-11,15H2,1-4H3. The number of carbonyl (C=O) groups excluding carboxylic acids is 1. The minimum absolute atomic E-state index is 0.00798. The van der Waals surface area contributed by atoms with E-state index < -0.39 is 0 Å². The zero-order chi connectivity index (χ0) is 18.3. The molecule has 1 unspecified atom stereocenters. The summed E-state index contributed by atoms with van der Waals surface area (Å²) in [6.45, 7) is 10.7. The predicted octanol–water partition coefficient (Wildman–Crippen LogP) is 4.64. The number of benzene rings is 1. The average Bonchev–Trinajstić information content (AvgIpc) is 2.58. The highest BCUT2D eigenvalue weighted by molar-refractivity contribution is 5.94. The molecule has 0 spiro atoms. The third-order valence-electron chi connectivity index (χ3n) is 4.41. The van der Waals surface area contributed by atoms with Gasteiger partial charge in [0.25, 0.3) is 0 Å². The number of carbonyl (C=O) groups is 1. The van der Waals surface area contributed by atoms with Gasteiger partial charge in [-0.15, -0.1) is 0 Å². The maximum atomic E-state index is 11.8. The first-order valence-corrected chi connectivity index (χ1v) is 9.32. The number of ketones is 1. The molecule has 1 aliphatic heterocycles. The van der Waals surface area contributed by atoms with Crippen LogP contribution in [0.3, 0.4) is 0 Å². The molecule has 1 aromatic carbocycles. The van der Waals surface area contributed by atoms with Crippen LogP contribution in [0.5, 0.6) is 0 Å². The Kier molecular flexibility index (Phi) is 7.60. The molecule has 0 aromatic heterocycles. The highest BCUT2D eigenvalue weighted by atomic mass is 16.7. The van der Waals surface area contributed by atoms with Crippen molar-refractivity contribution in [3.63, 3.8) is 0 Å². The van der Waals surface area contributed by atoms with Gasteiger partial charge in [-0.05, 0) is 61.3 Å². The lowest BCUT2D eigenvalue weighted by molar-refractivity contribution is -0.164. The summed E-state index contributed by atoms with van der Waals surface area (Å²) in [5.74, 6) is 0.0910. The summed E-state index contributed by atoms with van der Waals surface area (Å²) in [7, 11) is 0. The third kappa shape index (κ3) is 6.89. The van der Waals surface area contributed by atoms with E-state index in [1.165, 1.54) is 6.42 Å². The summed E-state index contributed by atoms with van der Waals surface area (Å²) in [5, 5.41) is 0. The van der Waals surface area contributed by atoms with E-state index >= 15 is 0 Å². The smallest absolute Gasteiger partial charge is 0.159 e. The number of rotatable bonds is 8. The molecule has 25 heavy (non-hydrogen) atoms. The van der Waals surface area contributed by atoms with E-state index in [4.69, 9.17) is 14.2 Å². The predicted molar refractivity (Wildman–Crippen MR) is 99.0 cm³/mol. The Balaban J connectivity index is 1.77. The van der Waals surface area contributed by atoms with Gasteiger partial charge >= 0.3 is 0 Å². The minimum atomic E-state index is -0.0321. The van der Waals surface area contributed by atoms with Crippen LogP contribution < -0.4 is 0 Å². The SMILES string of the molecule is CC(=O)c1cc(COCCCOC2CCCCO2)cc(C(C)(C)C)c1. The van der Waals surface area contributed by atoms with Crippen LogP contribution >= 0.6 is 0 Å². The Hall–Kier alpha value is -1.23. The monoisotopic (exact) mass is 348 g/mol. The van der Waals surface area contributed by atoms with Crippen molar-refractivity contribution in [2.24, 2.45) is 0 Å². The van der Waals surface area contributed by atoms with Crippen molar-refractivity contribution in [2.75, 3.05) is 19.8 Å². The van der Waals surface area contributed by atoms with Gasteiger partial charge in [-0.1, -0.05) is 26.8 Å². The van der Waals surface area contributed by atoms with E-state index in [0.29, 0.717) is 19.8 Å². The fourth-order valence-electron chi connectivity index (χ4n) is 2.82. The number of hydrogen-bond donors (Lipinski definition) is 0. The van der Waals surface area contributed by atoms with Crippen LogP contribution in [0.25, 0.3) is 0 Å². The molecule has 140 valence electrons. The highest BCUT2D eigenvalue weighted by Crippen LogP contribution is 2.25.